The highest BCUT2D eigenvalue weighted by molar-refractivity contribution is 5.88. The molecule has 1 N–H and O–H groups in total. The second-order valence-corrected chi connectivity index (χ2v) is 4.69. The van der Waals surface area contributed by atoms with Gasteiger partial charge in [-0.25, -0.2) is 4.68 Å². The van der Waals surface area contributed by atoms with E-state index >= 15 is 0 Å². The molecule has 0 aliphatic heterocycles. The van der Waals surface area contributed by atoms with Crippen molar-refractivity contribution in [1.29, 1.82) is 0 Å². The molecule has 2 aromatic carbocycles. The third-order valence-corrected chi connectivity index (χ3v) is 3.32. The van der Waals surface area contributed by atoms with Gasteiger partial charge in [0.15, 0.2) is 0 Å². The number of hydrogen-bond donors (Lipinski definition) is 1. The number of ether oxygens (including phenoxy) is 1. The molecule has 0 aliphatic carbocycles. The molecule has 0 amide bonds. The predicted octanol–water partition coefficient (Wildman–Crippen LogP) is 3.36. The van der Waals surface area contributed by atoms with Crippen molar-refractivity contribution in [2.45, 2.75) is 0 Å². The van der Waals surface area contributed by atoms with Crippen LogP contribution in [0.4, 0.5) is 0 Å². The van der Waals surface area contributed by atoms with Gasteiger partial charge in [-0.2, -0.15) is 5.10 Å². The van der Waals surface area contributed by atoms with Crippen molar-refractivity contribution in [3.8, 4) is 22.7 Å². The lowest BCUT2D eigenvalue weighted by Gasteiger charge is -2.02. The van der Waals surface area contributed by atoms with Gasteiger partial charge in [0.2, 0.25) is 0 Å². The molecule has 5 nitrogen and oxygen atoms in total. The Labute approximate surface area is 128 Å². The highest BCUT2D eigenvalue weighted by Gasteiger charge is 2.11. The second kappa shape index (κ2) is 6.13. The first-order chi connectivity index (χ1) is 10.8. The molecule has 0 radical (unpaired) electrons. The standard InChI is InChI=1S/C17H15N3O2/c1-22-16-9-7-13(8-10-16)17-14(11-18-21)12-20(19-17)15-5-3-2-4-6-15/h2-12,21H,1H3/b18-11+. The van der Waals surface area contributed by atoms with E-state index in [4.69, 9.17) is 9.94 Å². The minimum atomic E-state index is 0.733. The lowest BCUT2D eigenvalue weighted by Crippen LogP contribution is -1.94. The van der Waals surface area contributed by atoms with Crippen LogP contribution in [0.3, 0.4) is 0 Å². The number of aromatic nitrogens is 2. The van der Waals surface area contributed by atoms with Crippen LogP contribution in [0.25, 0.3) is 16.9 Å². The molecule has 110 valence electrons. The Bertz CT molecular complexity index is 777. The number of rotatable bonds is 4. The second-order valence-electron chi connectivity index (χ2n) is 4.69. The van der Waals surface area contributed by atoms with E-state index in [9.17, 15) is 0 Å². The van der Waals surface area contributed by atoms with Gasteiger partial charge in [-0.3, -0.25) is 0 Å². The Balaban J connectivity index is 2.07. The molecule has 22 heavy (non-hydrogen) atoms. The fourth-order valence-corrected chi connectivity index (χ4v) is 2.23. The van der Waals surface area contributed by atoms with E-state index < -0.39 is 0 Å². The number of oxime groups is 1. The minimum Gasteiger partial charge on any atom is -0.497 e. The first-order valence-corrected chi connectivity index (χ1v) is 6.79. The van der Waals surface area contributed by atoms with Gasteiger partial charge in [0.1, 0.15) is 11.4 Å². The average Bonchev–Trinajstić information content (AvgIpc) is 3.00. The van der Waals surface area contributed by atoms with Gasteiger partial charge < -0.3 is 9.94 Å². The summed E-state index contributed by atoms with van der Waals surface area (Å²) in [5.41, 5.74) is 3.33. The van der Waals surface area contributed by atoms with Crippen molar-refractivity contribution in [2.75, 3.05) is 7.11 Å². The lowest BCUT2D eigenvalue weighted by atomic mass is 10.1. The average molecular weight is 293 g/mol. The van der Waals surface area contributed by atoms with Gasteiger partial charge in [0, 0.05) is 17.3 Å². The number of benzene rings is 2. The molecular formula is C17H15N3O2. The normalized spacial score (nSPS) is 11.0. The van der Waals surface area contributed by atoms with Crippen LogP contribution < -0.4 is 4.74 Å². The van der Waals surface area contributed by atoms with Crippen molar-refractivity contribution >= 4 is 6.21 Å². The maximum absolute atomic E-state index is 8.87. The third-order valence-electron chi connectivity index (χ3n) is 3.32. The van der Waals surface area contributed by atoms with Crippen LogP contribution in [0, 0.1) is 0 Å². The summed E-state index contributed by atoms with van der Waals surface area (Å²) in [5, 5.41) is 16.6. The maximum atomic E-state index is 8.87. The molecule has 3 rings (SSSR count). The van der Waals surface area contributed by atoms with Crippen LogP contribution >= 0.6 is 0 Å². The van der Waals surface area contributed by atoms with Gasteiger partial charge in [0.05, 0.1) is 19.0 Å². The van der Waals surface area contributed by atoms with Gasteiger partial charge in [0.25, 0.3) is 0 Å². The molecular weight excluding hydrogens is 278 g/mol. The quantitative estimate of drug-likeness (QED) is 0.456. The molecule has 0 aliphatic rings. The van der Waals surface area contributed by atoms with Gasteiger partial charge in [-0.15, -0.1) is 0 Å². The van der Waals surface area contributed by atoms with E-state index in [0.29, 0.717) is 0 Å². The lowest BCUT2D eigenvalue weighted by molar-refractivity contribution is 0.322. The smallest absolute Gasteiger partial charge is 0.118 e. The van der Waals surface area contributed by atoms with Gasteiger partial charge in [-0.05, 0) is 36.4 Å². The predicted molar refractivity (Wildman–Crippen MR) is 84.9 cm³/mol. The molecule has 3 aromatic rings. The van der Waals surface area contributed by atoms with E-state index in [-0.39, 0.29) is 0 Å². The van der Waals surface area contributed by atoms with Crippen LogP contribution in [0.15, 0.2) is 65.9 Å². The van der Waals surface area contributed by atoms with Crippen LogP contribution in [0.5, 0.6) is 5.75 Å². The van der Waals surface area contributed by atoms with Crippen molar-refractivity contribution in [3.63, 3.8) is 0 Å². The SMILES string of the molecule is COc1ccc(-c2nn(-c3ccccc3)cc2/C=N/O)cc1. The van der Waals surface area contributed by atoms with E-state index in [0.717, 1.165) is 28.3 Å². The monoisotopic (exact) mass is 293 g/mol. The summed E-state index contributed by atoms with van der Waals surface area (Å²) in [6.07, 6.45) is 3.21. The topological polar surface area (TPSA) is 59.6 Å². The Morgan fingerprint density at radius 3 is 2.45 bits per heavy atom. The van der Waals surface area contributed by atoms with E-state index in [2.05, 4.69) is 10.3 Å². The Morgan fingerprint density at radius 1 is 1.09 bits per heavy atom. The number of nitrogens with zero attached hydrogens (tertiary/aromatic N) is 3. The first-order valence-electron chi connectivity index (χ1n) is 6.79. The largest absolute Gasteiger partial charge is 0.497 e. The van der Waals surface area contributed by atoms with Crippen molar-refractivity contribution in [1.82, 2.24) is 9.78 Å². The van der Waals surface area contributed by atoms with Gasteiger partial charge in [-0.1, -0.05) is 23.4 Å². The molecule has 0 spiro atoms. The number of para-hydroxylation sites is 1. The molecule has 0 atom stereocenters. The summed E-state index contributed by atoms with van der Waals surface area (Å²) in [4.78, 5) is 0. The molecule has 0 bridgehead atoms. The zero-order valence-electron chi connectivity index (χ0n) is 12.0. The van der Waals surface area contributed by atoms with Crippen LogP contribution in [-0.2, 0) is 0 Å². The molecule has 0 unspecified atom stereocenters. The summed E-state index contributed by atoms with van der Waals surface area (Å²) < 4.78 is 6.93. The van der Waals surface area contributed by atoms with Crippen LogP contribution in [0.1, 0.15) is 5.56 Å². The minimum absolute atomic E-state index is 0.733. The summed E-state index contributed by atoms with van der Waals surface area (Å²) in [7, 11) is 1.63. The highest BCUT2D eigenvalue weighted by Crippen LogP contribution is 2.24. The Kier molecular flexibility index (Phi) is 3.87. The van der Waals surface area contributed by atoms with Crippen molar-refractivity contribution in [2.24, 2.45) is 5.16 Å². The van der Waals surface area contributed by atoms with E-state index in [1.165, 1.54) is 6.21 Å². The Hall–Kier alpha value is -3.08. The Morgan fingerprint density at radius 2 is 1.82 bits per heavy atom. The molecule has 1 aromatic heterocycles. The van der Waals surface area contributed by atoms with Crippen molar-refractivity contribution in [3.05, 3.63) is 66.4 Å². The van der Waals surface area contributed by atoms with E-state index in [1.807, 2.05) is 60.8 Å². The zero-order valence-corrected chi connectivity index (χ0v) is 12.0. The molecule has 0 saturated heterocycles. The summed E-state index contributed by atoms with van der Waals surface area (Å²) in [6.45, 7) is 0. The van der Waals surface area contributed by atoms with E-state index in [1.54, 1.807) is 11.8 Å². The molecule has 5 heteroatoms. The maximum Gasteiger partial charge on any atom is 0.118 e. The zero-order chi connectivity index (χ0) is 15.4. The van der Waals surface area contributed by atoms with Crippen molar-refractivity contribution < 1.29 is 9.94 Å². The van der Waals surface area contributed by atoms with Crippen LogP contribution in [-0.4, -0.2) is 28.3 Å². The summed E-state index contributed by atoms with van der Waals surface area (Å²) in [5.74, 6) is 0.781. The summed E-state index contributed by atoms with van der Waals surface area (Å²) >= 11 is 0. The van der Waals surface area contributed by atoms with Crippen LogP contribution in [0.2, 0.25) is 0 Å². The first kappa shape index (κ1) is 13.9. The molecule has 1 heterocycles. The van der Waals surface area contributed by atoms with Gasteiger partial charge >= 0.3 is 0 Å². The fourth-order valence-electron chi connectivity index (χ4n) is 2.23. The summed E-state index contributed by atoms with van der Waals surface area (Å²) in [6, 6.07) is 17.4. The molecule has 0 fully saturated rings. The number of hydrogen-bond acceptors (Lipinski definition) is 4. The fraction of sp³-hybridized carbons (Fsp3) is 0.0588. The third kappa shape index (κ3) is 2.69. The highest BCUT2D eigenvalue weighted by atomic mass is 16.5. The molecule has 0 saturated carbocycles. The number of methoxy groups -OCH3 is 1.